The second-order valence-electron chi connectivity index (χ2n) is 6.74. The van der Waals surface area contributed by atoms with Crippen LogP contribution in [0.4, 0.5) is 15.8 Å². The molecule has 0 saturated heterocycles. The molecule has 0 bridgehead atoms. The van der Waals surface area contributed by atoms with Gasteiger partial charge in [-0.25, -0.2) is 12.8 Å². The van der Waals surface area contributed by atoms with Gasteiger partial charge in [0.05, 0.1) is 15.6 Å². The number of benzene rings is 3. The lowest BCUT2D eigenvalue weighted by atomic mass is 9.96. The molecule has 3 aromatic rings. The Bertz CT molecular complexity index is 1270. The summed E-state index contributed by atoms with van der Waals surface area (Å²) in [6.45, 7) is 1.75. The molecule has 1 aliphatic rings. The molecule has 0 atom stereocenters. The highest BCUT2D eigenvalue weighted by Gasteiger charge is 2.33. The van der Waals surface area contributed by atoms with E-state index >= 15 is 0 Å². The van der Waals surface area contributed by atoms with Gasteiger partial charge in [0.25, 0.3) is 15.9 Å². The molecule has 1 N–H and O–H groups in total. The molecule has 1 heterocycles. The molecule has 5 nitrogen and oxygen atoms in total. The van der Waals surface area contributed by atoms with Crippen molar-refractivity contribution in [2.45, 2.75) is 11.8 Å². The van der Waals surface area contributed by atoms with E-state index in [1.54, 1.807) is 43.3 Å². The van der Waals surface area contributed by atoms with E-state index in [4.69, 9.17) is 11.6 Å². The monoisotopic (exact) mass is 430 g/mol. The number of nitrogens with one attached hydrogen (secondary N) is 1. The van der Waals surface area contributed by atoms with Crippen molar-refractivity contribution in [3.05, 3.63) is 76.6 Å². The summed E-state index contributed by atoms with van der Waals surface area (Å²) in [6.07, 6.45) is 0. The van der Waals surface area contributed by atoms with Crippen molar-refractivity contribution in [1.82, 2.24) is 0 Å². The molecule has 0 unspecified atom stereocenters. The van der Waals surface area contributed by atoms with Gasteiger partial charge in [-0.1, -0.05) is 29.8 Å². The molecule has 1 aliphatic heterocycles. The van der Waals surface area contributed by atoms with Crippen molar-refractivity contribution >= 4 is 38.9 Å². The van der Waals surface area contributed by atoms with E-state index in [0.29, 0.717) is 33.6 Å². The number of hydrogen-bond donors (Lipinski definition) is 1. The van der Waals surface area contributed by atoms with E-state index < -0.39 is 21.7 Å². The number of anilines is 2. The lowest BCUT2D eigenvalue weighted by molar-refractivity contribution is 0.102. The van der Waals surface area contributed by atoms with Crippen LogP contribution in [0.1, 0.15) is 15.9 Å². The first-order valence-electron chi connectivity index (χ1n) is 8.69. The first-order chi connectivity index (χ1) is 13.7. The molecule has 148 valence electrons. The van der Waals surface area contributed by atoms with Crippen LogP contribution in [-0.2, 0) is 10.0 Å². The zero-order chi connectivity index (χ0) is 20.9. The molecule has 0 spiro atoms. The average molecular weight is 431 g/mol. The van der Waals surface area contributed by atoms with Gasteiger partial charge in [-0.15, -0.1) is 0 Å². The van der Waals surface area contributed by atoms with Crippen LogP contribution < -0.4 is 9.62 Å². The second kappa shape index (κ2) is 6.86. The largest absolute Gasteiger partial charge is 0.322 e. The van der Waals surface area contributed by atoms with E-state index in [1.807, 2.05) is 0 Å². The number of nitrogens with zero attached hydrogens (tertiary/aromatic N) is 1. The van der Waals surface area contributed by atoms with Gasteiger partial charge in [0, 0.05) is 29.4 Å². The predicted molar refractivity (Wildman–Crippen MR) is 112 cm³/mol. The summed E-state index contributed by atoms with van der Waals surface area (Å²) in [5, 5.41) is 2.60. The van der Waals surface area contributed by atoms with Crippen molar-refractivity contribution in [3.63, 3.8) is 0 Å². The van der Waals surface area contributed by atoms with Crippen molar-refractivity contribution in [3.8, 4) is 11.1 Å². The Hall–Kier alpha value is -2.90. The maximum absolute atomic E-state index is 13.3. The van der Waals surface area contributed by atoms with Crippen molar-refractivity contribution in [1.29, 1.82) is 0 Å². The minimum absolute atomic E-state index is 0.0924. The average Bonchev–Trinajstić information content (AvgIpc) is 2.69. The topological polar surface area (TPSA) is 66.5 Å². The highest BCUT2D eigenvalue weighted by atomic mass is 35.5. The van der Waals surface area contributed by atoms with Crippen molar-refractivity contribution < 1.29 is 17.6 Å². The van der Waals surface area contributed by atoms with Gasteiger partial charge >= 0.3 is 0 Å². The number of rotatable bonds is 2. The van der Waals surface area contributed by atoms with Crippen LogP contribution >= 0.6 is 11.6 Å². The Labute approximate surface area is 172 Å². The lowest BCUT2D eigenvalue weighted by Gasteiger charge is -2.31. The number of carbonyl (C=O) groups is 1. The van der Waals surface area contributed by atoms with Crippen LogP contribution in [0.5, 0.6) is 0 Å². The molecule has 3 aromatic carbocycles. The minimum atomic E-state index is -3.66. The third-order valence-electron chi connectivity index (χ3n) is 4.87. The van der Waals surface area contributed by atoms with Crippen LogP contribution in [0.15, 0.2) is 59.5 Å². The molecule has 0 aromatic heterocycles. The van der Waals surface area contributed by atoms with Gasteiger partial charge in [0.1, 0.15) is 5.82 Å². The smallest absolute Gasteiger partial charge is 0.264 e. The van der Waals surface area contributed by atoms with Crippen LogP contribution in [0, 0.1) is 12.7 Å². The zero-order valence-electron chi connectivity index (χ0n) is 15.5. The van der Waals surface area contributed by atoms with Gasteiger partial charge in [0.15, 0.2) is 0 Å². The number of amides is 1. The molecule has 0 aliphatic carbocycles. The molecular formula is C21H16ClFN2O3S. The number of fused-ring (bicyclic) bond motifs is 3. The number of aryl methyl sites for hydroxylation is 1. The van der Waals surface area contributed by atoms with Gasteiger partial charge in [0.2, 0.25) is 0 Å². The second-order valence-corrected chi connectivity index (χ2v) is 9.09. The fraction of sp³-hybridized carbons (Fsp3) is 0.0952. The summed E-state index contributed by atoms with van der Waals surface area (Å²) < 4.78 is 40.3. The summed E-state index contributed by atoms with van der Waals surface area (Å²) in [4.78, 5) is 13.0. The van der Waals surface area contributed by atoms with Gasteiger partial charge < -0.3 is 5.32 Å². The van der Waals surface area contributed by atoms with Crippen LogP contribution in [0.3, 0.4) is 0 Å². The van der Waals surface area contributed by atoms with Crippen LogP contribution in [0.25, 0.3) is 11.1 Å². The van der Waals surface area contributed by atoms with E-state index in [0.717, 1.165) is 0 Å². The maximum atomic E-state index is 13.3. The molecular weight excluding hydrogens is 415 g/mol. The summed E-state index contributed by atoms with van der Waals surface area (Å²) in [7, 11) is -2.17. The van der Waals surface area contributed by atoms with Crippen LogP contribution in [0.2, 0.25) is 5.02 Å². The Morgan fingerprint density at radius 1 is 1.07 bits per heavy atom. The SMILES string of the molecule is Cc1cc(C(=O)Nc2ccc(F)c(Cl)c2)cc2c1N(C)S(=O)(=O)c1ccccc1-2. The highest BCUT2D eigenvalue weighted by molar-refractivity contribution is 7.93. The normalized spacial score (nSPS) is 14.1. The number of carbonyl (C=O) groups excluding carboxylic acids is 1. The first kappa shape index (κ1) is 19.4. The minimum Gasteiger partial charge on any atom is -0.322 e. The Kier molecular flexibility index (Phi) is 4.59. The molecule has 0 saturated carbocycles. The van der Waals surface area contributed by atoms with E-state index in [1.165, 1.54) is 29.6 Å². The van der Waals surface area contributed by atoms with E-state index in [-0.39, 0.29) is 9.92 Å². The van der Waals surface area contributed by atoms with Crippen molar-refractivity contribution in [2.75, 3.05) is 16.7 Å². The number of sulfonamides is 1. The van der Waals surface area contributed by atoms with Crippen LogP contribution in [-0.4, -0.2) is 21.4 Å². The Morgan fingerprint density at radius 2 is 1.79 bits per heavy atom. The van der Waals surface area contributed by atoms with E-state index in [2.05, 4.69) is 5.32 Å². The fourth-order valence-electron chi connectivity index (χ4n) is 3.49. The van der Waals surface area contributed by atoms with Crippen molar-refractivity contribution in [2.24, 2.45) is 0 Å². The van der Waals surface area contributed by atoms with Gasteiger partial charge in [-0.05, 0) is 48.9 Å². The van der Waals surface area contributed by atoms with Gasteiger partial charge in [-0.2, -0.15) is 0 Å². The zero-order valence-corrected chi connectivity index (χ0v) is 17.1. The number of halogens is 2. The molecule has 0 radical (unpaired) electrons. The van der Waals surface area contributed by atoms with E-state index in [9.17, 15) is 17.6 Å². The molecule has 8 heteroatoms. The quantitative estimate of drug-likeness (QED) is 0.632. The third kappa shape index (κ3) is 3.16. The highest BCUT2D eigenvalue weighted by Crippen LogP contribution is 2.44. The van der Waals surface area contributed by atoms with Gasteiger partial charge in [-0.3, -0.25) is 9.10 Å². The standard InChI is InChI=1S/C21H16ClFN2O3S/c1-12-9-13(21(26)24-14-7-8-18(23)17(22)11-14)10-16-15-5-3-4-6-19(15)29(27,28)25(2)20(12)16/h3-11H,1-2H3,(H,24,26). The first-order valence-corrected chi connectivity index (χ1v) is 10.5. The summed E-state index contributed by atoms with van der Waals surface area (Å²) >= 11 is 5.77. The summed E-state index contributed by atoms with van der Waals surface area (Å²) in [5.41, 5.74) is 3.08. The molecule has 0 fully saturated rings. The summed E-state index contributed by atoms with van der Waals surface area (Å²) in [5.74, 6) is -0.984. The third-order valence-corrected chi connectivity index (χ3v) is 6.98. The Balaban J connectivity index is 1.81. The molecule has 29 heavy (non-hydrogen) atoms. The molecule has 1 amide bonds. The predicted octanol–water partition coefficient (Wildman–Crippen LogP) is 4.85. The number of hydrogen-bond acceptors (Lipinski definition) is 3. The lowest BCUT2D eigenvalue weighted by Crippen LogP contribution is -2.31. The molecule has 4 rings (SSSR count). The summed E-state index contributed by atoms with van der Waals surface area (Å²) in [6, 6.07) is 13.9. The Morgan fingerprint density at radius 3 is 2.52 bits per heavy atom. The maximum Gasteiger partial charge on any atom is 0.264 e. The fourth-order valence-corrected chi connectivity index (χ4v) is 5.16.